The lowest BCUT2D eigenvalue weighted by atomic mass is 10.1. The maximum absolute atomic E-state index is 12.3. The molecule has 0 aliphatic carbocycles. The molecule has 0 unspecified atom stereocenters. The summed E-state index contributed by atoms with van der Waals surface area (Å²) < 4.78 is 27.0. The van der Waals surface area contributed by atoms with Crippen molar-refractivity contribution in [3.8, 4) is 17.0 Å². The Morgan fingerprint density at radius 2 is 1.92 bits per heavy atom. The molecule has 0 saturated carbocycles. The zero-order chi connectivity index (χ0) is 17.9. The number of hydrogen-bond acceptors (Lipinski definition) is 6. The first-order chi connectivity index (χ1) is 11.9. The number of nitrogens with zero attached hydrogens (tertiary/aromatic N) is 1. The molecule has 1 fully saturated rings. The standard InChI is InChI=1S/C16H20N4O4S/c1-25(22,23)24-13-4-2-11(3-5-13)14-10-18-15(20-14)16(21)19-12-6-8-17-9-7-12/h2-5,10,12,17H,6-9H2,1H3,(H,18,20)(H,19,21). The second-order valence-corrected chi connectivity index (χ2v) is 7.53. The van der Waals surface area contributed by atoms with E-state index in [0.29, 0.717) is 5.69 Å². The van der Waals surface area contributed by atoms with Gasteiger partial charge in [0.2, 0.25) is 0 Å². The van der Waals surface area contributed by atoms with Crippen LogP contribution in [0.15, 0.2) is 30.5 Å². The average Bonchev–Trinajstić information content (AvgIpc) is 3.05. The number of H-pyrrole nitrogens is 1. The first-order valence-electron chi connectivity index (χ1n) is 7.97. The van der Waals surface area contributed by atoms with E-state index in [1.54, 1.807) is 30.5 Å². The molecule has 0 bridgehead atoms. The zero-order valence-electron chi connectivity index (χ0n) is 13.8. The topological polar surface area (TPSA) is 113 Å². The van der Waals surface area contributed by atoms with Gasteiger partial charge in [0.25, 0.3) is 5.91 Å². The highest BCUT2D eigenvalue weighted by Gasteiger charge is 2.18. The summed E-state index contributed by atoms with van der Waals surface area (Å²) in [6.07, 6.45) is 4.37. The smallest absolute Gasteiger partial charge is 0.306 e. The van der Waals surface area contributed by atoms with Gasteiger partial charge in [-0.1, -0.05) is 0 Å². The lowest BCUT2D eigenvalue weighted by Gasteiger charge is -2.23. The van der Waals surface area contributed by atoms with Crippen molar-refractivity contribution in [2.24, 2.45) is 0 Å². The first-order valence-corrected chi connectivity index (χ1v) is 9.79. The highest BCUT2D eigenvalue weighted by molar-refractivity contribution is 7.86. The monoisotopic (exact) mass is 364 g/mol. The summed E-state index contributed by atoms with van der Waals surface area (Å²) in [5, 5.41) is 6.22. The summed E-state index contributed by atoms with van der Waals surface area (Å²) in [7, 11) is -3.55. The molecule has 2 heterocycles. The maximum Gasteiger partial charge on any atom is 0.306 e. The molecule has 9 heteroatoms. The van der Waals surface area contributed by atoms with E-state index in [2.05, 4.69) is 20.6 Å². The van der Waals surface area contributed by atoms with E-state index in [1.165, 1.54) is 0 Å². The van der Waals surface area contributed by atoms with E-state index in [4.69, 9.17) is 4.18 Å². The van der Waals surface area contributed by atoms with Gasteiger partial charge in [0.15, 0.2) is 5.82 Å². The quantitative estimate of drug-likeness (QED) is 0.679. The van der Waals surface area contributed by atoms with Crippen LogP contribution in [0.25, 0.3) is 11.3 Å². The third-order valence-electron chi connectivity index (χ3n) is 3.88. The van der Waals surface area contributed by atoms with Crippen molar-refractivity contribution < 1.29 is 17.4 Å². The van der Waals surface area contributed by atoms with Crippen molar-refractivity contribution in [1.82, 2.24) is 20.6 Å². The van der Waals surface area contributed by atoms with E-state index in [-0.39, 0.29) is 23.5 Å². The van der Waals surface area contributed by atoms with Crippen LogP contribution in [0.4, 0.5) is 0 Å². The number of nitrogens with one attached hydrogen (secondary N) is 3. The number of carbonyl (C=O) groups is 1. The zero-order valence-corrected chi connectivity index (χ0v) is 14.6. The Bertz CT molecular complexity index is 839. The molecule has 134 valence electrons. The van der Waals surface area contributed by atoms with Gasteiger partial charge in [-0.2, -0.15) is 8.42 Å². The predicted octanol–water partition coefficient (Wildman–Crippen LogP) is 0.897. The van der Waals surface area contributed by atoms with Crippen molar-refractivity contribution in [1.29, 1.82) is 0 Å². The molecule has 1 aliphatic rings. The minimum absolute atomic E-state index is 0.162. The van der Waals surface area contributed by atoms with Crippen molar-refractivity contribution in [2.45, 2.75) is 18.9 Å². The summed E-state index contributed by atoms with van der Waals surface area (Å²) in [6, 6.07) is 6.65. The Labute approximate surface area is 146 Å². The fourth-order valence-corrected chi connectivity index (χ4v) is 3.13. The number of benzene rings is 1. The number of aromatic nitrogens is 2. The van der Waals surface area contributed by atoms with Gasteiger partial charge in [0, 0.05) is 6.04 Å². The van der Waals surface area contributed by atoms with Crippen LogP contribution in [0.3, 0.4) is 0 Å². The van der Waals surface area contributed by atoms with Crippen molar-refractivity contribution >= 4 is 16.0 Å². The van der Waals surface area contributed by atoms with Gasteiger partial charge < -0.3 is 19.8 Å². The minimum atomic E-state index is -3.55. The number of carbonyl (C=O) groups excluding carboxylic acids is 1. The SMILES string of the molecule is CS(=O)(=O)Oc1ccc(-c2cnc(C(=O)NC3CCNCC3)[nH]2)cc1. The number of rotatable bonds is 5. The van der Waals surface area contributed by atoms with Crippen molar-refractivity contribution in [3.63, 3.8) is 0 Å². The Morgan fingerprint density at radius 3 is 2.56 bits per heavy atom. The molecule has 3 N–H and O–H groups in total. The predicted molar refractivity (Wildman–Crippen MR) is 92.9 cm³/mol. The van der Waals surface area contributed by atoms with Crippen LogP contribution < -0.4 is 14.8 Å². The number of aromatic amines is 1. The van der Waals surface area contributed by atoms with Gasteiger partial charge >= 0.3 is 10.1 Å². The van der Waals surface area contributed by atoms with E-state index >= 15 is 0 Å². The molecule has 0 atom stereocenters. The summed E-state index contributed by atoms with van der Waals surface area (Å²) >= 11 is 0. The molecule has 1 aromatic carbocycles. The third kappa shape index (κ3) is 4.80. The Balaban J connectivity index is 1.67. The Kier molecular flexibility index (Phi) is 5.05. The molecule has 0 radical (unpaired) electrons. The lowest BCUT2D eigenvalue weighted by Crippen LogP contribution is -2.43. The average molecular weight is 364 g/mol. The van der Waals surface area contributed by atoms with E-state index in [1.807, 2.05) is 0 Å². The molecule has 1 aliphatic heterocycles. The van der Waals surface area contributed by atoms with Crippen LogP contribution in [0.5, 0.6) is 5.75 Å². The molecule has 0 spiro atoms. The molecule has 2 aromatic rings. The molecule has 1 amide bonds. The summed E-state index contributed by atoms with van der Waals surface area (Å²) in [6.45, 7) is 1.80. The molecule has 1 aromatic heterocycles. The minimum Gasteiger partial charge on any atom is -0.383 e. The second-order valence-electron chi connectivity index (χ2n) is 5.96. The van der Waals surface area contributed by atoms with Crippen LogP contribution >= 0.6 is 0 Å². The normalized spacial score (nSPS) is 15.7. The number of hydrogen-bond donors (Lipinski definition) is 3. The van der Waals surface area contributed by atoms with Gasteiger partial charge in [0.05, 0.1) is 18.1 Å². The van der Waals surface area contributed by atoms with Crippen LogP contribution in [-0.2, 0) is 10.1 Å². The Morgan fingerprint density at radius 1 is 1.24 bits per heavy atom. The fraction of sp³-hybridized carbons (Fsp3) is 0.375. The second kappa shape index (κ2) is 7.24. The largest absolute Gasteiger partial charge is 0.383 e. The summed E-state index contributed by atoms with van der Waals surface area (Å²) in [5.74, 6) is 0.259. The molecule has 25 heavy (non-hydrogen) atoms. The van der Waals surface area contributed by atoms with Gasteiger partial charge in [-0.15, -0.1) is 0 Å². The van der Waals surface area contributed by atoms with E-state index in [0.717, 1.165) is 37.8 Å². The number of piperidine rings is 1. The molecule has 8 nitrogen and oxygen atoms in total. The van der Waals surface area contributed by atoms with Gasteiger partial charge in [-0.25, -0.2) is 4.98 Å². The van der Waals surface area contributed by atoms with Gasteiger partial charge in [-0.3, -0.25) is 4.79 Å². The number of imidazole rings is 1. The van der Waals surface area contributed by atoms with Crippen LogP contribution in [-0.4, -0.2) is 49.7 Å². The lowest BCUT2D eigenvalue weighted by molar-refractivity contribution is 0.0920. The molecule has 1 saturated heterocycles. The third-order valence-corrected chi connectivity index (χ3v) is 4.37. The first kappa shape index (κ1) is 17.4. The number of amides is 1. The highest BCUT2D eigenvalue weighted by atomic mass is 32.2. The highest BCUT2D eigenvalue weighted by Crippen LogP contribution is 2.21. The molecule has 3 rings (SSSR count). The van der Waals surface area contributed by atoms with Gasteiger partial charge in [0.1, 0.15) is 5.75 Å². The van der Waals surface area contributed by atoms with E-state index < -0.39 is 10.1 Å². The molecular weight excluding hydrogens is 344 g/mol. The molecular formula is C16H20N4O4S. The van der Waals surface area contributed by atoms with E-state index in [9.17, 15) is 13.2 Å². The summed E-state index contributed by atoms with van der Waals surface area (Å²) in [4.78, 5) is 19.4. The van der Waals surface area contributed by atoms with Crippen molar-refractivity contribution in [3.05, 3.63) is 36.3 Å². The Hall–Kier alpha value is -2.39. The van der Waals surface area contributed by atoms with Crippen LogP contribution in [0, 0.1) is 0 Å². The fourth-order valence-electron chi connectivity index (χ4n) is 2.67. The summed E-state index contributed by atoms with van der Waals surface area (Å²) in [5.41, 5.74) is 1.44. The van der Waals surface area contributed by atoms with Crippen molar-refractivity contribution in [2.75, 3.05) is 19.3 Å². The maximum atomic E-state index is 12.3. The van der Waals surface area contributed by atoms with Crippen LogP contribution in [0.2, 0.25) is 0 Å². The van der Waals surface area contributed by atoms with Gasteiger partial charge in [-0.05, 0) is 55.8 Å². The van der Waals surface area contributed by atoms with Crippen LogP contribution in [0.1, 0.15) is 23.5 Å².